The molecule has 1 rings (SSSR count). The molecule has 1 aromatic carbocycles. The molecule has 0 aliphatic rings. The largest absolute Gasteiger partial charge is 0.358 e. The molecule has 0 spiro atoms. The summed E-state index contributed by atoms with van der Waals surface area (Å²) in [6.45, 7) is 0.117. The van der Waals surface area contributed by atoms with E-state index in [9.17, 15) is 14.4 Å². The minimum Gasteiger partial charge on any atom is -0.358 e. The highest BCUT2D eigenvalue weighted by molar-refractivity contribution is 5.96. The second-order valence-electron chi connectivity index (χ2n) is 4.60. The quantitative estimate of drug-likeness (QED) is 0.669. The van der Waals surface area contributed by atoms with Gasteiger partial charge in [-0.05, 0) is 24.3 Å². The van der Waals surface area contributed by atoms with Gasteiger partial charge in [0.05, 0.1) is 13.1 Å². The molecule has 0 unspecified atom stereocenters. The van der Waals surface area contributed by atoms with Crippen molar-refractivity contribution in [2.24, 2.45) is 0 Å². The van der Waals surface area contributed by atoms with Crippen molar-refractivity contribution in [2.45, 2.75) is 0 Å². The summed E-state index contributed by atoms with van der Waals surface area (Å²) in [6.07, 6.45) is 0. The summed E-state index contributed by atoms with van der Waals surface area (Å²) in [7, 11) is 4.88. The molecule has 0 saturated carbocycles. The molecule has 7 nitrogen and oxygen atoms in total. The van der Waals surface area contributed by atoms with Crippen molar-refractivity contribution in [1.82, 2.24) is 15.5 Å². The van der Waals surface area contributed by atoms with E-state index in [4.69, 9.17) is 0 Å². The van der Waals surface area contributed by atoms with Crippen LogP contribution in [-0.2, 0) is 9.59 Å². The summed E-state index contributed by atoms with van der Waals surface area (Å²) in [5, 5.41) is 7.83. The number of anilines is 1. The van der Waals surface area contributed by atoms with Crippen LogP contribution in [0.25, 0.3) is 0 Å². The summed E-state index contributed by atoms with van der Waals surface area (Å²) in [5.74, 6) is -0.542. The first-order valence-corrected chi connectivity index (χ1v) is 6.47. The van der Waals surface area contributed by atoms with Crippen LogP contribution in [0, 0.1) is 0 Å². The zero-order valence-electron chi connectivity index (χ0n) is 12.4. The molecule has 0 atom stereocenters. The number of amides is 3. The van der Waals surface area contributed by atoms with Crippen molar-refractivity contribution in [2.75, 3.05) is 39.5 Å². The van der Waals surface area contributed by atoms with Crippen LogP contribution >= 0.6 is 0 Å². The lowest BCUT2D eigenvalue weighted by molar-refractivity contribution is -0.120. The first-order valence-electron chi connectivity index (χ1n) is 6.47. The summed E-state index contributed by atoms with van der Waals surface area (Å²) in [6, 6.07) is 6.62. The molecule has 3 amide bonds. The van der Waals surface area contributed by atoms with Crippen molar-refractivity contribution in [3.63, 3.8) is 0 Å². The van der Waals surface area contributed by atoms with Gasteiger partial charge in [-0.15, -0.1) is 0 Å². The molecule has 0 radical (unpaired) electrons. The Balaban J connectivity index is 2.46. The monoisotopic (exact) mass is 292 g/mol. The fourth-order valence-electron chi connectivity index (χ4n) is 1.54. The Hall–Kier alpha value is -2.41. The Bertz CT molecular complexity index is 511. The predicted octanol–water partition coefficient (Wildman–Crippen LogP) is -0.337. The molecule has 0 fully saturated rings. The minimum atomic E-state index is -0.259. The third-order valence-electron chi connectivity index (χ3n) is 2.67. The number of nitrogens with one attached hydrogen (secondary N) is 3. The molecular weight excluding hydrogens is 272 g/mol. The van der Waals surface area contributed by atoms with Crippen LogP contribution < -0.4 is 16.0 Å². The smallest absolute Gasteiger partial charge is 0.253 e. The van der Waals surface area contributed by atoms with E-state index in [0.717, 1.165) is 0 Å². The van der Waals surface area contributed by atoms with Crippen molar-refractivity contribution in [3.8, 4) is 0 Å². The average Bonchev–Trinajstić information content (AvgIpc) is 2.46. The van der Waals surface area contributed by atoms with Crippen molar-refractivity contribution < 1.29 is 14.4 Å². The maximum Gasteiger partial charge on any atom is 0.253 e. The minimum absolute atomic E-state index is 0.0335. The van der Waals surface area contributed by atoms with Gasteiger partial charge in [0.2, 0.25) is 11.8 Å². The number of hydrogen-bond donors (Lipinski definition) is 3. The summed E-state index contributed by atoms with van der Waals surface area (Å²) in [5.41, 5.74) is 1.15. The first-order chi connectivity index (χ1) is 9.93. The molecule has 7 heteroatoms. The van der Waals surface area contributed by atoms with Gasteiger partial charge in [0, 0.05) is 32.4 Å². The predicted molar refractivity (Wildman–Crippen MR) is 80.0 cm³/mol. The van der Waals surface area contributed by atoms with Crippen molar-refractivity contribution in [3.05, 3.63) is 29.8 Å². The third-order valence-corrected chi connectivity index (χ3v) is 2.67. The molecule has 0 aliphatic heterocycles. The van der Waals surface area contributed by atoms with E-state index in [-0.39, 0.29) is 30.8 Å². The van der Waals surface area contributed by atoms with Crippen LogP contribution in [0.3, 0.4) is 0 Å². The Morgan fingerprint density at radius 2 is 1.57 bits per heavy atom. The first kappa shape index (κ1) is 16.6. The van der Waals surface area contributed by atoms with E-state index in [2.05, 4.69) is 16.0 Å². The van der Waals surface area contributed by atoms with Gasteiger partial charge in [-0.25, -0.2) is 0 Å². The number of rotatable bonds is 6. The van der Waals surface area contributed by atoms with Gasteiger partial charge < -0.3 is 15.5 Å². The van der Waals surface area contributed by atoms with Crippen LogP contribution in [0.5, 0.6) is 0 Å². The SMILES string of the molecule is CNC(=O)CNCC(=O)Nc1ccc(C(=O)N(C)C)cc1. The molecule has 21 heavy (non-hydrogen) atoms. The lowest BCUT2D eigenvalue weighted by Gasteiger charge is -2.11. The highest BCUT2D eigenvalue weighted by atomic mass is 16.2. The Kier molecular flexibility index (Phi) is 6.35. The molecule has 114 valence electrons. The Morgan fingerprint density at radius 1 is 1.00 bits per heavy atom. The number of likely N-dealkylation sites (N-methyl/N-ethyl adjacent to an activating group) is 1. The van der Waals surface area contributed by atoms with Gasteiger partial charge in [0.1, 0.15) is 0 Å². The van der Waals surface area contributed by atoms with Crippen LogP contribution in [0.1, 0.15) is 10.4 Å². The van der Waals surface area contributed by atoms with Gasteiger partial charge in [-0.1, -0.05) is 0 Å². The van der Waals surface area contributed by atoms with Gasteiger partial charge in [0.15, 0.2) is 0 Å². The number of carbonyl (C=O) groups excluding carboxylic acids is 3. The number of hydrogen-bond acceptors (Lipinski definition) is 4. The van der Waals surface area contributed by atoms with Gasteiger partial charge in [0.25, 0.3) is 5.91 Å². The van der Waals surface area contributed by atoms with E-state index < -0.39 is 0 Å². The molecule has 0 bridgehead atoms. The van der Waals surface area contributed by atoms with Crippen molar-refractivity contribution >= 4 is 23.4 Å². The standard InChI is InChI=1S/C14H20N4O3/c1-15-12(19)8-16-9-13(20)17-11-6-4-10(5-7-11)14(21)18(2)3/h4-7,16H,8-9H2,1-3H3,(H,15,19)(H,17,20). The fourth-order valence-corrected chi connectivity index (χ4v) is 1.54. The van der Waals surface area contributed by atoms with Crippen LogP contribution in [0.2, 0.25) is 0 Å². The number of nitrogens with zero attached hydrogens (tertiary/aromatic N) is 1. The normalized spacial score (nSPS) is 9.86. The summed E-state index contributed by atoms with van der Waals surface area (Å²) >= 11 is 0. The van der Waals surface area contributed by atoms with Crippen LogP contribution in [-0.4, -0.2) is 56.9 Å². The maximum absolute atomic E-state index is 11.7. The Morgan fingerprint density at radius 3 is 2.10 bits per heavy atom. The molecule has 0 aliphatic carbocycles. The molecular formula is C14H20N4O3. The van der Waals surface area contributed by atoms with E-state index in [0.29, 0.717) is 11.3 Å². The number of carbonyl (C=O) groups is 3. The molecule has 0 heterocycles. The van der Waals surface area contributed by atoms with E-state index in [1.54, 1.807) is 38.4 Å². The summed E-state index contributed by atoms with van der Waals surface area (Å²) < 4.78 is 0. The van der Waals surface area contributed by atoms with Crippen LogP contribution in [0.4, 0.5) is 5.69 Å². The zero-order valence-corrected chi connectivity index (χ0v) is 12.4. The van der Waals surface area contributed by atoms with E-state index in [1.165, 1.54) is 11.9 Å². The Labute approximate surface area is 123 Å². The molecule has 0 saturated heterocycles. The topological polar surface area (TPSA) is 90.5 Å². The van der Waals surface area contributed by atoms with Gasteiger partial charge in [-0.3, -0.25) is 19.7 Å². The molecule has 1 aromatic rings. The van der Waals surface area contributed by atoms with E-state index >= 15 is 0 Å². The lowest BCUT2D eigenvalue weighted by Crippen LogP contribution is -2.36. The van der Waals surface area contributed by atoms with Crippen molar-refractivity contribution in [1.29, 1.82) is 0 Å². The molecule has 3 N–H and O–H groups in total. The fraction of sp³-hybridized carbons (Fsp3) is 0.357. The highest BCUT2D eigenvalue weighted by Gasteiger charge is 2.08. The second kappa shape index (κ2) is 8.01. The van der Waals surface area contributed by atoms with Crippen LogP contribution in [0.15, 0.2) is 24.3 Å². The van der Waals surface area contributed by atoms with E-state index in [1.807, 2.05) is 0 Å². The highest BCUT2D eigenvalue weighted by Crippen LogP contribution is 2.10. The third kappa shape index (κ3) is 5.62. The number of benzene rings is 1. The summed E-state index contributed by atoms with van der Waals surface area (Å²) in [4.78, 5) is 35.8. The molecule has 0 aromatic heterocycles. The second-order valence-corrected chi connectivity index (χ2v) is 4.60. The van der Waals surface area contributed by atoms with Gasteiger partial charge >= 0.3 is 0 Å². The lowest BCUT2D eigenvalue weighted by atomic mass is 10.2. The van der Waals surface area contributed by atoms with Gasteiger partial charge in [-0.2, -0.15) is 0 Å². The maximum atomic E-state index is 11.7. The average molecular weight is 292 g/mol. The zero-order chi connectivity index (χ0) is 15.8.